The highest BCUT2D eigenvalue weighted by Gasteiger charge is 2.55. The normalized spacial score (nSPS) is 28.9. The highest BCUT2D eigenvalue weighted by atomic mass is 16.6. The minimum absolute atomic E-state index is 0.215. The number of methoxy groups -OCH3 is 1. The van der Waals surface area contributed by atoms with Gasteiger partial charge in [0.25, 0.3) is 0 Å². The van der Waals surface area contributed by atoms with Crippen LogP contribution in [0.1, 0.15) is 54.4 Å². The lowest BCUT2D eigenvalue weighted by atomic mass is 9.71. The van der Waals surface area contributed by atoms with Gasteiger partial charge in [0.1, 0.15) is 5.60 Å². The molecule has 1 amide bonds. The van der Waals surface area contributed by atoms with E-state index in [1.54, 1.807) is 0 Å². The van der Waals surface area contributed by atoms with Crippen molar-refractivity contribution in [2.75, 3.05) is 7.11 Å². The Morgan fingerprint density at radius 2 is 1.75 bits per heavy atom. The molecule has 1 rings (SSSR count). The quantitative estimate of drug-likeness (QED) is 0.792. The maximum atomic E-state index is 12.0. The molecule has 1 N–H and O–H groups in total. The molecule has 0 heterocycles. The van der Waals surface area contributed by atoms with Crippen molar-refractivity contribution >= 4 is 12.1 Å². The number of carbonyl (C=O) groups excluding carboxylic acids is 2. The second kappa shape index (κ2) is 5.26. The van der Waals surface area contributed by atoms with Crippen LogP contribution in [0.3, 0.4) is 0 Å². The predicted octanol–water partition coefficient (Wildman–Crippen LogP) is 2.88. The second-order valence-electron chi connectivity index (χ2n) is 7.30. The van der Waals surface area contributed by atoms with Crippen LogP contribution in [-0.4, -0.2) is 30.3 Å². The first kappa shape index (κ1) is 16.8. The van der Waals surface area contributed by atoms with Crippen molar-refractivity contribution in [1.82, 2.24) is 5.32 Å². The van der Waals surface area contributed by atoms with E-state index < -0.39 is 22.6 Å². The molecule has 0 aromatic carbocycles. The molecule has 0 spiro atoms. The van der Waals surface area contributed by atoms with Crippen molar-refractivity contribution in [2.24, 2.45) is 11.3 Å². The Balaban J connectivity index is 2.84. The largest absolute Gasteiger partial charge is 0.469 e. The highest BCUT2D eigenvalue weighted by Crippen LogP contribution is 2.50. The molecule has 0 aromatic heterocycles. The number of esters is 1. The van der Waals surface area contributed by atoms with Gasteiger partial charge in [0.15, 0.2) is 0 Å². The first-order valence-corrected chi connectivity index (χ1v) is 7.02. The molecule has 1 aliphatic rings. The fourth-order valence-electron chi connectivity index (χ4n) is 2.81. The molecule has 1 saturated carbocycles. The summed E-state index contributed by atoms with van der Waals surface area (Å²) in [6.07, 6.45) is 0.976. The highest BCUT2D eigenvalue weighted by molar-refractivity contribution is 5.75. The van der Waals surface area contributed by atoms with Gasteiger partial charge in [-0.15, -0.1) is 0 Å². The number of ether oxygens (including phenoxy) is 2. The predicted molar refractivity (Wildman–Crippen MR) is 76.3 cm³/mol. The van der Waals surface area contributed by atoms with E-state index >= 15 is 0 Å². The lowest BCUT2D eigenvalue weighted by molar-refractivity contribution is -0.149. The van der Waals surface area contributed by atoms with Gasteiger partial charge in [-0.1, -0.05) is 13.8 Å². The van der Waals surface area contributed by atoms with Gasteiger partial charge in [0, 0.05) is 11.0 Å². The molecule has 0 saturated heterocycles. The smallest absolute Gasteiger partial charge is 0.408 e. The Bertz CT molecular complexity index is 397. The summed E-state index contributed by atoms with van der Waals surface area (Å²) in [5.74, 6) is -0.433. The first-order valence-electron chi connectivity index (χ1n) is 7.02. The van der Waals surface area contributed by atoms with Gasteiger partial charge in [-0.25, -0.2) is 4.79 Å². The Morgan fingerprint density at radius 1 is 1.20 bits per heavy atom. The van der Waals surface area contributed by atoms with Crippen LogP contribution >= 0.6 is 0 Å². The van der Waals surface area contributed by atoms with Crippen molar-refractivity contribution < 1.29 is 19.1 Å². The van der Waals surface area contributed by atoms with E-state index in [-0.39, 0.29) is 11.9 Å². The summed E-state index contributed by atoms with van der Waals surface area (Å²) >= 11 is 0. The zero-order chi connectivity index (χ0) is 15.8. The van der Waals surface area contributed by atoms with Crippen LogP contribution in [0.4, 0.5) is 4.79 Å². The standard InChI is InChI=1S/C15H27NO4/c1-13(2,3)20-12(18)16-15(6)9-8-10(11(17)19-7)14(15,4)5/h10H,8-9H2,1-7H3,(H,16,18)/t10-,15-/m1/s1. The number of rotatable bonds is 2. The zero-order valence-electron chi connectivity index (χ0n) is 13.6. The minimum atomic E-state index is -0.537. The molecule has 0 radical (unpaired) electrons. The van der Waals surface area contributed by atoms with Gasteiger partial charge >= 0.3 is 12.1 Å². The summed E-state index contributed by atoms with van der Waals surface area (Å²) in [5, 5.41) is 2.94. The minimum Gasteiger partial charge on any atom is -0.469 e. The van der Waals surface area contributed by atoms with E-state index in [1.807, 2.05) is 41.5 Å². The topological polar surface area (TPSA) is 64.6 Å². The average Bonchev–Trinajstić information content (AvgIpc) is 2.46. The van der Waals surface area contributed by atoms with E-state index in [0.29, 0.717) is 6.42 Å². The van der Waals surface area contributed by atoms with Gasteiger partial charge in [-0.3, -0.25) is 4.79 Å². The molecule has 20 heavy (non-hydrogen) atoms. The number of carbonyl (C=O) groups is 2. The van der Waals surface area contributed by atoms with Gasteiger partial charge in [0.2, 0.25) is 0 Å². The summed E-state index contributed by atoms with van der Waals surface area (Å²) < 4.78 is 10.2. The number of alkyl carbamates (subject to hydrolysis) is 1. The maximum absolute atomic E-state index is 12.0. The Labute approximate surface area is 121 Å². The number of hydrogen-bond acceptors (Lipinski definition) is 4. The van der Waals surface area contributed by atoms with Gasteiger partial charge in [-0.05, 0) is 40.5 Å². The second-order valence-corrected chi connectivity index (χ2v) is 7.30. The van der Waals surface area contributed by atoms with Crippen LogP contribution in [0, 0.1) is 11.3 Å². The Morgan fingerprint density at radius 3 is 2.20 bits per heavy atom. The molecule has 5 heteroatoms. The van der Waals surface area contributed by atoms with E-state index in [0.717, 1.165) is 6.42 Å². The van der Waals surface area contributed by atoms with Crippen molar-refractivity contribution in [2.45, 2.75) is 65.5 Å². The van der Waals surface area contributed by atoms with Crippen molar-refractivity contribution in [3.05, 3.63) is 0 Å². The van der Waals surface area contributed by atoms with Crippen molar-refractivity contribution in [3.8, 4) is 0 Å². The average molecular weight is 285 g/mol. The molecule has 0 unspecified atom stereocenters. The summed E-state index contributed by atoms with van der Waals surface area (Å²) in [6, 6.07) is 0. The summed E-state index contributed by atoms with van der Waals surface area (Å²) in [5.41, 5.74) is -1.42. The molecule has 2 atom stereocenters. The molecule has 5 nitrogen and oxygen atoms in total. The molecule has 0 aromatic rings. The van der Waals surface area contributed by atoms with Crippen LogP contribution in [0.5, 0.6) is 0 Å². The first-order chi connectivity index (χ1) is 8.93. The zero-order valence-corrected chi connectivity index (χ0v) is 13.6. The fourth-order valence-corrected chi connectivity index (χ4v) is 2.81. The Kier molecular flexibility index (Phi) is 4.42. The monoisotopic (exact) mass is 285 g/mol. The van der Waals surface area contributed by atoms with Crippen LogP contribution < -0.4 is 5.32 Å². The van der Waals surface area contributed by atoms with Crippen LogP contribution in [0.2, 0.25) is 0 Å². The van der Waals surface area contributed by atoms with E-state index in [1.165, 1.54) is 7.11 Å². The van der Waals surface area contributed by atoms with E-state index in [4.69, 9.17) is 9.47 Å². The molecule has 1 aliphatic carbocycles. The number of nitrogens with one attached hydrogen (secondary N) is 1. The molecule has 1 fully saturated rings. The molecule has 0 aliphatic heterocycles. The Hall–Kier alpha value is -1.26. The summed E-state index contributed by atoms with van der Waals surface area (Å²) in [4.78, 5) is 23.9. The number of hydrogen-bond donors (Lipinski definition) is 1. The number of amides is 1. The third-order valence-corrected chi connectivity index (χ3v) is 4.49. The molecule has 0 bridgehead atoms. The SMILES string of the molecule is COC(=O)[C@H]1CC[C@@](C)(NC(=O)OC(C)(C)C)C1(C)C. The summed E-state index contributed by atoms with van der Waals surface area (Å²) in [7, 11) is 1.40. The van der Waals surface area contributed by atoms with Gasteiger partial charge in [-0.2, -0.15) is 0 Å². The lowest BCUT2D eigenvalue weighted by Gasteiger charge is -2.41. The maximum Gasteiger partial charge on any atom is 0.408 e. The van der Waals surface area contributed by atoms with E-state index in [9.17, 15) is 9.59 Å². The molecule has 116 valence electrons. The van der Waals surface area contributed by atoms with E-state index in [2.05, 4.69) is 5.32 Å². The van der Waals surface area contributed by atoms with Crippen LogP contribution in [0.25, 0.3) is 0 Å². The van der Waals surface area contributed by atoms with Gasteiger partial charge in [0.05, 0.1) is 13.0 Å². The van der Waals surface area contributed by atoms with Gasteiger partial charge < -0.3 is 14.8 Å². The molecular formula is C15H27NO4. The van der Waals surface area contributed by atoms with Crippen molar-refractivity contribution in [3.63, 3.8) is 0 Å². The lowest BCUT2D eigenvalue weighted by Crippen LogP contribution is -2.56. The summed E-state index contributed by atoms with van der Waals surface area (Å²) in [6.45, 7) is 11.4. The third kappa shape index (κ3) is 3.25. The third-order valence-electron chi connectivity index (χ3n) is 4.49. The van der Waals surface area contributed by atoms with Crippen LogP contribution in [-0.2, 0) is 14.3 Å². The molecular weight excluding hydrogens is 258 g/mol. The van der Waals surface area contributed by atoms with Crippen molar-refractivity contribution in [1.29, 1.82) is 0 Å². The fraction of sp³-hybridized carbons (Fsp3) is 0.867. The van der Waals surface area contributed by atoms with Crippen LogP contribution in [0.15, 0.2) is 0 Å².